The Hall–Kier alpha value is -4.39. The molecule has 7 nitrogen and oxygen atoms in total. The van der Waals surface area contributed by atoms with Crippen molar-refractivity contribution in [1.29, 1.82) is 0 Å². The van der Waals surface area contributed by atoms with Gasteiger partial charge in [0.15, 0.2) is 5.76 Å². The van der Waals surface area contributed by atoms with Crippen molar-refractivity contribution in [3.63, 3.8) is 0 Å². The van der Waals surface area contributed by atoms with E-state index in [-0.39, 0.29) is 12.1 Å². The van der Waals surface area contributed by atoms with Crippen LogP contribution < -0.4 is 10.6 Å². The fraction of sp³-hybridized carbons (Fsp3) is 0.207. The van der Waals surface area contributed by atoms with Crippen molar-refractivity contribution in [2.24, 2.45) is 0 Å². The molecule has 182 valence electrons. The molecule has 36 heavy (non-hydrogen) atoms. The number of amides is 2. The van der Waals surface area contributed by atoms with Gasteiger partial charge in [-0.25, -0.2) is 4.79 Å². The molecular weight excluding hydrogens is 454 g/mol. The Morgan fingerprint density at radius 2 is 1.50 bits per heavy atom. The first-order chi connectivity index (χ1) is 17.4. The second-order valence-electron chi connectivity index (χ2n) is 9.24. The molecule has 4 aromatic rings. The lowest BCUT2D eigenvalue weighted by Crippen LogP contribution is -2.31. The third-order valence-electron chi connectivity index (χ3n) is 6.83. The number of carbonyl (C=O) groups excluding carboxylic acids is 1. The van der Waals surface area contributed by atoms with Gasteiger partial charge in [-0.3, -0.25) is 4.79 Å². The summed E-state index contributed by atoms with van der Waals surface area (Å²) in [4.78, 5) is 24.3. The Morgan fingerprint density at radius 1 is 0.917 bits per heavy atom. The van der Waals surface area contributed by atoms with Crippen molar-refractivity contribution in [2.45, 2.75) is 38.1 Å². The number of carboxylic acid groups (broad SMARTS) is 1. The summed E-state index contributed by atoms with van der Waals surface area (Å²) in [7, 11) is 0. The number of carboxylic acids is 1. The summed E-state index contributed by atoms with van der Waals surface area (Å²) in [6, 6.07) is 24.7. The number of aliphatic carboxylic acids is 1. The number of nitrogens with one attached hydrogen (secondary N) is 2. The minimum Gasteiger partial charge on any atom is -0.481 e. The van der Waals surface area contributed by atoms with Gasteiger partial charge in [0.1, 0.15) is 11.4 Å². The normalized spacial score (nSPS) is 14.6. The average Bonchev–Trinajstić information content (AvgIpc) is 3.64. The Morgan fingerprint density at radius 3 is 2.08 bits per heavy atom. The lowest BCUT2D eigenvalue weighted by molar-refractivity contribution is -0.140. The number of urea groups is 1. The maximum absolute atomic E-state index is 12.7. The standard InChI is InChI=1S/C29H27N3O4/c1-18(20-6-4-3-5-7-20)30-28(35)31-25-19(2)32-36-26(25)23-10-8-21(9-11-23)22-12-14-24(15-13-22)29(16-17-29)27(33)34/h3-15,18H,16-17H2,1-2H3,(H,33,34)(H2,30,31,35). The molecule has 0 aliphatic heterocycles. The van der Waals surface area contributed by atoms with Gasteiger partial charge in [0.2, 0.25) is 0 Å². The minimum atomic E-state index is -0.755. The largest absolute Gasteiger partial charge is 0.481 e. The molecule has 1 saturated carbocycles. The minimum absolute atomic E-state index is 0.161. The first kappa shape index (κ1) is 23.4. The van der Waals surface area contributed by atoms with Crippen molar-refractivity contribution in [1.82, 2.24) is 10.5 Å². The number of benzene rings is 3. The van der Waals surface area contributed by atoms with E-state index in [4.69, 9.17) is 4.52 Å². The van der Waals surface area contributed by atoms with Crippen molar-refractivity contribution in [3.05, 3.63) is 95.7 Å². The molecule has 1 heterocycles. The van der Waals surface area contributed by atoms with Gasteiger partial charge in [-0.15, -0.1) is 0 Å². The average molecular weight is 482 g/mol. The zero-order chi connectivity index (χ0) is 25.3. The van der Waals surface area contributed by atoms with Gasteiger partial charge in [0, 0.05) is 5.56 Å². The Balaban J connectivity index is 1.30. The molecular formula is C29H27N3O4. The van der Waals surface area contributed by atoms with Crippen molar-refractivity contribution < 1.29 is 19.2 Å². The van der Waals surface area contributed by atoms with Gasteiger partial charge in [-0.2, -0.15) is 0 Å². The topological polar surface area (TPSA) is 104 Å². The SMILES string of the molecule is Cc1noc(-c2ccc(-c3ccc(C4(C(=O)O)CC4)cc3)cc2)c1NC(=O)NC(C)c1ccccc1. The molecule has 1 unspecified atom stereocenters. The molecule has 1 aromatic heterocycles. The monoisotopic (exact) mass is 481 g/mol. The van der Waals surface area contributed by atoms with Crippen molar-refractivity contribution in [2.75, 3.05) is 5.32 Å². The van der Waals surface area contributed by atoms with E-state index in [2.05, 4.69) is 15.8 Å². The van der Waals surface area contributed by atoms with Crippen LogP contribution in [-0.4, -0.2) is 22.3 Å². The molecule has 1 aliphatic rings. The van der Waals surface area contributed by atoms with Gasteiger partial charge in [-0.05, 0) is 48.9 Å². The molecule has 5 rings (SSSR count). The molecule has 0 spiro atoms. The summed E-state index contributed by atoms with van der Waals surface area (Å²) in [5.74, 6) is -0.274. The van der Waals surface area contributed by atoms with E-state index in [9.17, 15) is 14.7 Å². The zero-order valence-electron chi connectivity index (χ0n) is 20.1. The van der Waals surface area contributed by atoms with E-state index >= 15 is 0 Å². The lowest BCUT2D eigenvalue weighted by atomic mass is 9.93. The number of aryl methyl sites for hydroxylation is 1. The number of carbonyl (C=O) groups is 2. The maximum atomic E-state index is 12.7. The van der Waals surface area contributed by atoms with Crippen LogP contribution in [0.25, 0.3) is 22.5 Å². The highest BCUT2D eigenvalue weighted by atomic mass is 16.5. The van der Waals surface area contributed by atoms with Crippen LogP contribution in [0.2, 0.25) is 0 Å². The van der Waals surface area contributed by atoms with Crippen LogP contribution in [0.1, 0.15) is 42.6 Å². The van der Waals surface area contributed by atoms with Gasteiger partial charge in [0.05, 0.1) is 11.5 Å². The van der Waals surface area contributed by atoms with E-state index < -0.39 is 11.4 Å². The first-order valence-corrected chi connectivity index (χ1v) is 11.9. The van der Waals surface area contributed by atoms with E-state index in [1.807, 2.05) is 85.8 Å². The molecule has 2 amide bonds. The second kappa shape index (κ2) is 9.34. The number of aromatic nitrogens is 1. The summed E-state index contributed by atoms with van der Waals surface area (Å²) >= 11 is 0. The highest BCUT2D eigenvalue weighted by Gasteiger charge is 2.51. The summed E-state index contributed by atoms with van der Waals surface area (Å²) in [6.45, 7) is 3.70. The number of hydrogen-bond acceptors (Lipinski definition) is 4. The molecule has 1 aliphatic carbocycles. The van der Waals surface area contributed by atoms with Crippen LogP contribution in [0.4, 0.5) is 10.5 Å². The van der Waals surface area contributed by atoms with Gasteiger partial charge >= 0.3 is 12.0 Å². The van der Waals surface area contributed by atoms with Crippen LogP contribution in [-0.2, 0) is 10.2 Å². The fourth-order valence-electron chi connectivity index (χ4n) is 4.43. The van der Waals surface area contributed by atoms with Crippen LogP contribution in [0, 0.1) is 6.92 Å². The smallest absolute Gasteiger partial charge is 0.319 e. The van der Waals surface area contributed by atoms with E-state index in [1.165, 1.54) is 0 Å². The van der Waals surface area contributed by atoms with Crippen LogP contribution in [0.15, 0.2) is 83.4 Å². The lowest BCUT2D eigenvalue weighted by Gasteiger charge is -2.15. The van der Waals surface area contributed by atoms with Crippen LogP contribution >= 0.6 is 0 Å². The number of hydrogen-bond donors (Lipinski definition) is 3. The number of anilines is 1. The molecule has 1 atom stereocenters. The van der Waals surface area contributed by atoms with E-state index in [1.54, 1.807) is 6.92 Å². The second-order valence-corrected chi connectivity index (χ2v) is 9.24. The highest BCUT2D eigenvalue weighted by molar-refractivity contribution is 5.94. The fourth-order valence-corrected chi connectivity index (χ4v) is 4.43. The number of rotatable bonds is 7. The summed E-state index contributed by atoms with van der Waals surface area (Å²) in [5.41, 5.74) is 5.02. The van der Waals surface area contributed by atoms with Gasteiger partial charge < -0.3 is 20.3 Å². The molecule has 0 saturated heterocycles. The Bertz CT molecular complexity index is 1390. The predicted molar refractivity (Wildman–Crippen MR) is 138 cm³/mol. The Labute approximate surface area is 209 Å². The van der Waals surface area contributed by atoms with E-state index in [0.29, 0.717) is 30.0 Å². The third-order valence-corrected chi connectivity index (χ3v) is 6.83. The quantitative estimate of drug-likeness (QED) is 0.287. The maximum Gasteiger partial charge on any atom is 0.319 e. The molecule has 0 bridgehead atoms. The zero-order valence-corrected chi connectivity index (χ0v) is 20.1. The summed E-state index contributed by atoms with van der Waals surface area (Å²) in [5, 5.41) is 19.4. The third kappa shape index (κ3) is 4.47. The predicted octanol–water partition coefficient (Wildman–Crippen LogP) is 6.32. The number of nitrogens with zero attached hydrogens (tertiary/aromatic N) is 1. The van der Waals surface area contributed by atoms with Crippen molar-refractivity contribution >= 4 is 17.7 Å². The van der Waals surface area contributed by atoms with Crippen LogP contribution in [0.3, 0.4) is 0 Å². The highest BCUT2D eigenvalue weighted by Crippen LogP contribution is 2.48. The van der Waals surface area contributed by atoms with Crippen molar-refractivity contribution in [3.8, 4) is 22.5 Å². The molecule has 3 aromatic carbocycles. The molecule has 0 radical (unpaired) electrons. The molecule has 7 heteroatoms. The van der Waals surface area contributed by atoms with E-state index in [0.717, 1.165) is 27.8 Å². The molecule has 3 N–H and O–H groups in total. The Kier molecular flexibility index (Phi) is 6.06. The van der Waals surface area contributed by atoms with Gasteiger partial charge in [0.25, 0.3) is 0 Å². The first-order valence-electron chi connectivity index (χ1n) is 11.9. The summed E-state index contributed by atoms with van der Waals surface area (Å²) in [6.07, 6.45) is 1.37. The van der Waals surface area contributed by atoms with Crippen LogP contribution in [0.5, 0.6) is 0 Å². The summed E-state index contributed by atoms with van der Waals surface area (Å²) < 4.78 is 5.55. The van der Waals surface area contributed by atoms with Gasteiger partial charge in [-0.1, -0.05) is 84.0 Å². The molecule has 1 fully saturated rings.